The molecule has 3 rings (SSSR count). The van der Waals surface area contributed by atoms with Crippen LogP contribution in [0.15, 0.2) is 47.4 Å². The van der Waals surface area contributed by atoms with Crippen molar-refractivity contribution in [2.75, 3.05) is 37.3 Å². The third-order valence-electron chi connectivity index (χ3n) is 5.10. The second-order valence-electron chi connectivity index (χ2n) is 7.12. The van der Waals surface area contributed by atoms with E-state index in [4.69, 9.17) is 9.47 Å². The van der Waals surface area contributed by atoms with Crippen LogP contribution in [0.1, 0.15) is 12.8 Å². The molecule has 1 fully saturated rings. The Kier molecular flexibility index (Phi) is 7.03. The molecule has 0 bridgehead atoms. The predicted octanol–water partition coefficient (Wildman–Crippen LogP) is 3.05. The molecule has 0 aliphatic carbocycles. The standard InChI is InChI=1S/C20H24N4O7S/c1-30-18-6-4-3-5-16(18)22-32(28,29)19-13-15(24(26)27)7-8-17(19)21-14-9-11-23(12-10-14)20(25)31-2/h3-8,13-14,21-22H,9-12H2,1-2H3. The number of non-ortho nitro benzene ring substituents is 1. The highest BCUT2D eigenvalue weighted by molar-refractivity contribution is 7.93. The fourth-order valence-corrected chi connectivity index (χ4v) is 4.71. The average Bonchev–Trinajstić information content (AvgIpc) is 2.79. The van der Waals surface area contributed by atoms with Gasteiger partial charge in [0.25, 0.3) is 15.7 Å². The van der Waals surface area contributed by atoms with Crippen molar-refractivity contribution >= 4 is 33.2 Å². The van der Waals surface area contributed by atoms with Crippen molar-refractivity contribution < 1.29 is 27.6 Å². The van der Waals surface area contributed by atoms with Gasteiger partial charge in [-0.15, -0.1) is 0 Å². The Labute approximate surface area is 185 Å². The Bertz CT molecular complexity index is 1100. The molecule has 1 amide bonds. The third-order valence-corrected chi connectivity index (χ3v) is 6.51. The van der Waals surface area contributed by atoms with Gasteiger partial charge in [-0.2, -0.15) is 0 Å². The Balaban J connectivity index is 1.88. The maximum Gasteiger partial charge on any atom is 0.409 e. The summed E-state index contributed by atoms with van der Waals surface area (Å²) in [4.78, 5) is 23.6. The Hall–Kier alpha value is -3.54. The normalized spacial score (nSPS) is 14.5. The van der Waals surface area contributed by atoms with Crippen molar-refractivity contribution in [3.05, 3.63) is 52.6 Å². The van der Waals surface area contributed by atoms with Crippen molar-refractivity contribution in [1.29, 1.82) is 0 Å². The number of ether oxygens (including phenoxy) is 2. The highest BCUT2D eigenvalue weighted by atomic mass is 32.2. The molecule has 0 radical (unpaired) electrons. The second-order valence-corrected chi connectivity index (χ2v) is 8.77. The molecule has 1 heterocycles. The van der Waals surface area contributed by atoms with E-state index in [9.17, 15) is 23.3 Å². The van der Waals surface area contributed by atoms with Crippen LogP contribution < -0.4 is 14.8 Å². The van der Waals surface area contributed by atoms with Gasteiger partial charge in [0.05, 0.1) is 30.5 Å². The van der Waals surface area contributed by atoms with Crippen LogP contribution in [0.25, 0.3) is 0 Å². The Morgan fingerprint density at radius 1 is 1.12 bits per heavy atom. The summed E-state index contributed by atoms with van der Waals surface area (Å²) in [5.41, 5.74) is 0.0878. The summed E-state index contributed by atoms with van der Waals surface area (Å²) in [6.07, 6.45) is 0.708. The van der Waals surface area contributed by atoms with E-state index in [-0.39, 0.29) is 28.0 Å². The summed E-state index contributed by atoms with van der Waals surface area (Å²) >= 11 is 0. The van der Waals surface area contributed by atoms with Gasteiger partial charge in [0.15, 0.2) is 0 Å². The van der Waals surface area contributed by atoms with E-state index in [0.717, 1.165) is 6.07 Å². The number of amides is 1. The molecule has 1 aliphatic heterocycles. The van der Waals surface area contributed by atoms with Gasteiger partial charge in [0.1, 0.15) is 10.6 Å². The van der Waals surface area contributed by atoms with Crippen molar-refractivity contribution in [2.45, 2.75) is 23.8 Å². The van der Waals surface area contributed by atoms with Crippen molar-refractivity contribution in [3.63, 3.8) is 0 Å². The third kappa shape index (κ3) is 5.19. The highest BCUT2D eigenvalue weighted by Crippen LogP contribution is 2.32. The summed E-state index contributed by atoms with van der Waals surface area (Å²) in [5.74, 6) is 0.311. The number of piperidine rings is 1. The average molecular weight is 465 g/mol. The molecule has 0 unspecified atom stereocenters. The lowest BCUT2D eigenvalue weighted by Crippen LogP contribution is -2.42. The zero-order valence-corrected chi connectivity index (χ0v) is 18.4. The summed E-state index contributed by atoms with van der Waals surface area (Å²) < 4.78 is 38.7. The van der Waals surface area contributed by atoms with Crippen LogP contribution in [0, 0.1) is 10.1 Å². The van der Waals surface area contributed by atoms with Crippen LogP contribution in [-0.4, -0.2) is 57.7 Å². The Morgan fingerprint density at radius 2 is 1.81 bits per heavy atom. The number of carbonyl (C=O) groups excluding carboxylic acids is 1. The molecule has 32 heavy (non-hydrogen) atoms. The number of nitrogens with one attached hydrogen (secondary N) is 2. The smallest absolute Gasteiger partial charge is 0.409 e. The molecule has 1 saturated heterocycles. The minimum absolute atomic E-state index is 0.127. The topological polar surface area (TPSA) is 140 Å². The fraction of sp³-hybridized carbons (Fsp3) is 0.350. The van der Waals surface area contributed by atoms with Gasteiger partial charge >= 0.3 is 6.09 Å². The highest BCUT2D eigenvalue weighted by Gasteiger charge is 2.27. The number of carbonyl (C=O) groups is 1. The SMILES string of the molecule is COC(=O)N1CCC(Nc2ccc([N+](=O)[O-])cc2S(=O)(=O)Nc2ccccc2OC)CC1. The number of methoxy groups -OCH3 is 2. The van der Waals surface area contributed by atoms with E-state index in [0.29, 0.717) is 31.7 Å². The largest absolute Gasteiger partial charge is 0.495 e. The zero-order chi connectivity index (χ0) is 23.3. The molecule has 2 aromatic carbocycles. The maximum atomic E-state index is 13.2. The van der Waals surface area contributed by atoms with Gasteiger partial charge < -0.3 is 19.7 Å². The number of hydrogen-bond donors (Lipinski definition) is 2. The number of sulfonamides is 1. The van der Waals surface area contributed by atoms with Crippen LogP contribution in [-0.2, 0) is 14.8 Å². The zero-order valence-electron chi connectivity index (χ0n) is 17.6. The number of hydrogen-bond acceptors (Lipinski definition) is 8. The molecule has 0 aromatic heterocycles. The van der Waals surface area contributed by atoms with Gasteiger partial charge in [-0.05, 0) is 31.0 Å². The van der Waals surface area contributed by atoms with Crippen LogP contribution in [0.3, 0.4) is 0 Å². The molecule has 0 spiro atoms. The molecule has 172 valence electrons. The van der Waals surface area contributed by atoms with E-state index >= 15 is 0 Å². The van der Waals surface area contributed by atoms with E-state index in [1.807, 2.05) is 0 Å². The lowest BCUT2D eigenvalue weighted by molar-refractivity contribution is -0.385. The van der Waals surface area contributed by atoms with Gasteiger partial charge in [-0.25, -0.2) is 13.2 Å². The molecule has 11 nitrogen and oxygen atoms in total. The van der Waals surface area contributed by atoms with Gasteiger partial charge in [-0.1, -0.05) is 12.1 Å². The van der Waals surface area contributed by atoms with E-state index < -0.39 is 21.0 Å². The van der Waals surface area contributed by atoms with Crippen molar-refractivity contribution in [2.24, 2.45) is 0 Å². The molecule has 1 aliphatic rings. The first-order valence-electron chi connectivity index (χ1n) is 9.79. The van der Waals surface area contributed by atoms with Gasteiger partial charge in [0.2, 0.25) is 0 Å². The predicted molar refractivity (Wildman–Crippen MR) is 118 cm³/mol. The van der Waals surface area contributed by atoms with E-state index in [2.05, 4.69) is 10.0 Å². The molecule has 0 atom stereocenters. The number of nitrogens with zero attached hydrogens (tertiary/aromatic N) is 2. The monoisotopic (exact) mass is 464 g/mol. The van der Waals surface area contributed by atoms with Crippen LogP contribution in [0.5, 0.6) is 5.75 Å². The number of anilines is 2. The number of nitro groups is 1. The van der Waals surface area contributed by atoms with Gasteiger partial charge in [-0.3, -0.25) is 14.8 Å². The summed E-state index contributed by atoms with van der Waals surface area (Å²) in [7, 11) is -1.47. The first-order valence-corrected chi connectivity index (χ1v) is 11.3. The summed E-state index contributed by atoms with van der Waals surface area (Å²) in [6, 6.07) is 9.97. The summed E-state index contributed by atoms with van der Waals surface area (Å²) in [5, 5.41) is 14.4. The second kappa shape index (κ2) is 9.73. The minimum atomic E-state index is -4.19. The Morgan fingerprint density at radius 3 is 2.44 bits per heavy atom. The molecule has 2 N–H and O–H groups in total. The first kappa shape index (κ1) is 23.1. The quantitative estimate of drug-likeness (QED) is 0.471. The maximum absolute atomic E-state index is 13.2. The molecule has 12 heteroatoms. The first-order chi connectivity index (χ1) is 15.2. The van der Waals surface area contributed by atoms with Crippen molar-refractivity contribution in [3.8, 4) is 5.75 Å². The number of rotatable bonds is 7. The minimum Gasteiger partial charge on any atom is -0.495 e. The van der Waals surface area contributed by atoms with Crippen LogP contribution >= 0.6 is 0 Å². The molecule has 2 aromatic rings. The number of likely N-dealkylation sites (tertiary alicyclic amines) is 1. The van der Waals surface area contributed by atoms with Crippen LogP contribution in [0.4, 0.5) is 21.9 Å². The molecular weight excluding hydrogens is 440 g/mol. The van der Waals surface area contributed by atoms with Crippen LogP contribution in [0.2, 0.25) is 0 Å². The summed E-state index contributed by atoms with van der Waals surface area (Å²) in [6.45, 7) is 0.887. The van der Waals surface area contributed by atoms with E-state index in [1.54, 1.807) is 23.1 Å². The lowest BCUT2D eigenvalue weighted by Gasteiger charge is -2.32. The fourth-order valence-electron chi connectivity index (χ4n) is 3.45. The number of nitro benzene ring substituents is 1. The van der Waals surface area contributed by atoms with Gasteiger partial charge in [0, 0.05) is 31.3 Å². The lowest BCUT2D eigenvalue weighted by atomic mass is 10.0. The molecule has 0 saturated carbocycles. The van der Waals surface area contributed by atoms with E-state index in [1.165, 1.54) is 32.4 Å². The molecular formula is C20H24N4O7S. The number of benzene rings is 2. The number of para-hydroxylation sites is 2. The van der Waals surface area contributed by atoms with Crippen molar-refractivity contribution in [1.82, 2.24) is 4.90 Å².